The van der Waals surface area contributed by atoms with Crippen LogP contribution in [-0.4, -0.2) is 0 Å². The molecule has 0 heteroatoms. The first-order valence-corrected chi connectivity index (χ1v) is 12.6. The van der Waals surface area contributed by atoms with Crippen molar-refractivity contribution in [3.05, 3.63) is 47.5 Å². The highest BCUT2D eigenvalue weighted by molar-refractivity contribution is 5.39. The van der Waals surface area contributed by atoms with Gasteiger partial charge in [0.1, 0.15) is 0 Å². The average molecular weight is 391 g/mol. The number of unbranched alkanes of at least 4 members (excludes halogenated alkanes) is 1. The summed E-state index contributed by atoms with van der Waals surface area (Å²) in [7, 11) is 0. The van der Waals surface area contributed by atoms with E-state index in [1.165, 1.54) is 89.0 Å². The Morgan fingerprint density at radius 2 is 1.45 bits per heavy atom. The quantitative estimate of drug-likeness (QED) is 0.408. The van der Waals surface area contributed by atoms with Crippen molar-refractivity contribution >= 4 is 0 Å². The number of allylic oxidation sites excluding steroid dienone is 2. The second kappa shape index (κ2) is 12.3. The number of hydrogen-bond acceptors (Lipinski definition) is 0. The minimum Gasteiger partial charge on any atom is -0.0730 e. The lowest BCUT2D eigenvalue weighted by Gasteiger charge is -2.28. The van der Waals surface area contributed by atoms with Gasteiger partial charge in [-0.3, -0.25) is 0 Å². The Balaban J connectivity index is 1.42. The van der Waals surface area contributed by atoms with Crippen molar-refractivity contribution in [3.63, 3.8) is 0 Å². The summed E-state index contributed by atoms with van der Waals surface area (Å²) < 4.78 is 0. The van der Waals surface area contributed by atoms with Crippen molar-refractivity contribution in [2.45, 2.75) is 103 Å². The molecule has 3 rings (SSSR count). The summed E-state index contributed by atoms with van der Waals surface area (Å²) in [5, 5.41) is 0. The predicted octanol–water partition coefficient (Wildman–Crippen LogP) is 8.66. The van der Waals surface area contributed by atoms with Crippen molar-refractivity contribution < 1.29 is 0 Å². The molecule has 0 aliphatic heterocycles. The lowest BCUT2D eigenvalue weighted by molar-refractivity contribution is 0.291. The van der Waals surface area contributed by atoms with Gasteiger partial charge in [-0.2, -0.15) is 0 Å². The molecular formula is C29H42. The third-order valence-corrected chi connectivity index (χ3v) is 7.45. The van der Waals surface area contributed by atoms with Gasteiger partial charge in [0.05, 0.1) is 0 Å². The van der Waals surface area contributed by atoms with E-state index in [2.05, 4.69) is 62.1 Å². The molecule has 0 bridgehead atoms. The molecule has 0 unspecified atom stereocenters. The highest BCUT2D eigenvalue weighted by Gasteiger charge is 2.21. The summed E-state index contributed by atoms with van der Waals surface area (Å²) in [5.41, 5.74) is 2.68. The van der Waals surface area contributed by atoms with Gasteiger partial charge < -0.3 is 0 Å². The molecule has 0 amide bonds. The van der Waals surface area contributed by atoms with E-state index < -0.39 is 0 Å². The molecule has 2 fully saturated rings. The molecule has 1 aromatic rings. The number of rotatable bonds is 7. The molecule has 1 aromatic carbocycles. The Labute approximate surface area is 180 Å². The van der Waals surface area contributed by atoms with Crippen molar-refractivity contribution in [1.29, 1.82) is 0 Å². The molecule has 0 saturated heterocycles. The fraction of sp³-hybridized carbons (Fsp3) is 0.655. The molecule has 0 radical (unpaired) electrons. The molecule has 0 heterocycles. The van der Waals surface area contributed by atoms with Crippen molar-refractivity contribution in [2.24, 2.45) is 17.8 Å². The predicted molar refractivity (Wildman–Crippen MR) is 127 cm³/mol. The normalized spacial score (nSPS) is 27.5. The van der Waals surface area contributed by atoms with Gasteiger partial charge in [0, 0.05) is 5.56 Å². The topological polar surface area (TPSA) is 0 Å². The molecule has 0 spiro atoms. The number of benzene rings is 1. The minimum atomic E-state index is 0.757. The molecule has 0 N–H and O–H groups in total. The maximum Gasteiger partial charge on any atom is 0.0249 e. The van der Waals surface area contributed by atoms with E-state index in [0.717, 1.165) is 29.2 Å². The summed E-state index contributed by atoms with van der Waals surface area (Å²) in [6, 6.07) is 9.12. The third-order valence-electron chi connectivity index (χ3n) is 7.45. The lowest BCUT2D eigenvalue weighted by atomic mass is 9.77. The van der Waals surface area contributed by atoms with Crippen LogP contribution in [0.4, 0.5) is 0 Å². The van der Waals surface area contributed by atoms with Crippen LogP contribution >= 0.6 is 0 Å². The maximum atomic E-state index is 3.34. The van der Waals surface area contributed by atoms with Crippen LogP contribution in [0.5, 0.6) is 0 Å². The molecule has 29 heavy (non-hydrogen) atoms. The Bertz CT molecular complexity index is 652. The molecule has 2 aliphatic rings. The van der Waals surface area contributed by atoms with Gasteiger partial charge >= 0.3 is 0 Å². The van der Waals surface area contributed by atoms with E-state index >= 15 is 0 Å². The van der Waals surface area contributed by atoms with Crippen LogP contribution in [0.1, 0.15) is 114 Å². The van der Waals surface area contributed by atoms with Crippen LogP contribution in [0, 0.1) is 29.6 Å². The van der Waals surface area contributed by atoms with Gasteiger partial charge in [-0.05, 0) is 98.8 Å². The monoisotopic (exact) mass is 390 g/mol. The Hall–Kier alpha value is -1.48. The molecule has 158 valence electrons. The van der Waals surface area contributed by atoms with Crippen LogP contribution in [0.15, 0.2) is 36.4 Å². The SMILES string of the molecule is CCCCC1CCC(C=CC#Cc2ccc(C3CCC(CCC)CC3)cc2)CC1. The maximum absolute atomic E-state index is 3.34. The zero-order valence-electron chi connectivity index (χ0n) is 19.0. The molecule has 2 aliphatic carbocycles. The molecule has 2 saturated carbocycles. The lowest BCUT2D eigenvalue weighted by Crippen LogP contribution is -2.13. The van der Waals surface area contributed by atoms with Crippen molar-refractivity contribution in [2.75, 3.05) is 0 Å². The van der Waals surface area contributed by atoms with Crippen LogP contribution in [0.25, 0.3) is 0 Å². The second-order valence-corrected chi connectivity index (χ2v) is 9.68. The first-order chi connectivity index (χ1) is 14.3. The van der Waals surface area contributed by atoms with Gasteiger partial charge in [-0.1, -0.05) is 76.0 Å². The van der Waals surface area contributed by atoms with Crippen LogP contribution in [0.3, 0.4) is 0 Å². The summed E-state index contributed by atoms with van der Waals surface area (Å²) in [6.07, 6.45) is 22.6. The summed E-state index contributed by atoms with van der Waals surface area (Å²) in [4.78, 5) is 0. The second-order valence-electron chi connectivity index (χ2n) is 9.68. The Morgan fingerprint density at radius 3 is 2.10 bits per heavy atom. The fourth-order valence-corrected chi connectivity index (χ4v) is 5.50. The molecular weight excluding hydrogens is 348 g/mol. The first kappa shape index (κ1) is 22.2. The van der Waals surface area contributed by atoms with Gasteiger partial charge in [-0.15, -0.1) is 0 Å². The Morgan fingerprint density at radius 1 is 0.793 bits per heavy atom. The highest BCUT2D eigenvalue weighted by Crippen LogP contribution is 2.37. The zero-order valence-corrected chi connectivity index (χ0v) is 19.0. The van der Waals surface area contributed by atoms with E-state index in [-0.39, 0.29) is 0 Å². The van der Waals surface area contributed by atoms with E-state index in [4.69, 9.17) is 0 Å². The first-order valence-electron chi connectivity index (χ1n) is 12.6. The van der Waals surface area contributed by atoms with E-state index in [0.29, 0.717) is 0 Å². The largest absolute Gasteiger partial charge is 0.0730 e. The number of hydrogen-bond donors (Lipinski definition) is 0. The summed E-state index contributed by atoms with van der Waals surface area (Å²) >= 11 is 0. The standard InChI is InChI=1S/C29H42/c1-3-5-9-25-12-14-26(15-13-25)10-6-7-11-27-18-22-29(23-19-27)28-20-16-24(8-4-2)17-21-28/h6,10,18-19,22-26,28H,3-5,8-9,12-17,20-21H2,1-2H3. The molecule has 0 aromatic heterocycles. The highest BCUT2D eigenvalue weighted by atomic mass is 14.3. The fourth-order valence-electron chi connectivity index (χ4n) is 5.50. The van der Waals surface area contributed by atoms with Gasteiger partial charge in [-0.25, -0.2) is 0 Å². The van der Waals surface area contributed by atoms with Crippen LogP contribution in [-0.2, 0) is 0 Å². The van der Waals surface area contributed by atoms with Gasteiger partial charge in [0.25, 0.3) is 0 Å². The molecule has 0 nitrogen and oxygen atoms in total. The van der Waals surface area contributed by atoms with Crippen molar-refractivity contribution in [3.8, 4) is 11.8 Å². The van der Waals surface area contributed by atoms with E-state index in [1.54, 1.807) is 0 Å². The van der Waals surface area contributed by atoms with E-state index in [9.17, 15) is 0 Å². The smallest absolute Gasteiger partial charge is 0.0249 e. The summed E-state index contributed by atoms with van der Waals surface area (Å²) in [5.74, 6) is 10.1. The third kappa shape index (κ3) is 7.37. The van der Waals surface area contributed by atoms with Crippen molar-refractivity contribution in [1.82, 2.24) is 0 Å². The summed E-state index contributed by atoms with van der Waals surface area (Å²) in [6.45, 7) is 4.62. The Kier molecular flexibility index (Phi) is 9.40. The minimum absolute atomic E-state index is 0.757. The zero-order chi connectivity index (χ0) is 20.3. The average Bonchev–Trinajstić information content (AvgIpc) is 2.77. The molecule has 0 atom stereocenters. The van der Waals surface area contributed by atoms with Gasteiger partial charge in [0.15, 0.2) is 0 Å². The van der Waals surface area contributed by atoms with Crippen LogP contribution in [0.2, 0.25) is 0 Å². The van der Waals surface area contributed by atoms with Crippen LogP contribution < -0.4 is 0 Å². The van der Waals surface area contributed by atoms with Gasteiger partial charge in [0.2, 0.25) is 0 Å². The van der Waals surface area contributed by atoms with E-state index in [1.807, 2.05) is 0 Å².